The summed E-state index contributed by atoms with van der Waals surface area (Å²) < 4.78 is 0. The predicted octanol–water partition coefficient (Wildman–Crippen LogP) is 0.172. The number of aliphatic hydroxyl groups is 1. The molecule has 1 fully saturated rings. The lowest BCUT2D eigenvalue weighted by Gasteiger charge is -2.20. The largest absolute Gasteiger partial charge is 0.394 e. The van der Waals surface area contributed by atoms with Gasteiger partial charge in [-0.05, 0) is 12.3 Å². The Morgan fingerprint density at radius 2 is 2.40 bits per heavy atom. The summed E-state index contributed by atoms with van der Waals surface area (Å²) in [7, 11) is 0. The molecule has 1 saturated heterocycles. The molecule has 0 bridgehead atoms. The van der Waals surface area contributed by atoms with E-state index in [4.69, 9.17) is 5.11 Å². The zero-order chi connectivity index (χ0) is 11.3. The second kappa shape index (κ2) is 6.35. The van der Waals surface area contributed by atoms with Crippen molar-refractivity contribution in [2.45, 2.75) is 32.4 Å². The van der Waals surface area contributed by atoms with Crippen molar-refractivity contribution in [3.63, 3.8) is 0 Å². The SMILES string of the molecule is CC(C)CC(CO)NC(=O)C1CSCN1. The molecule has 0 aromatic heterocycles. The van der Waals surface area contributed by atoms with Crippen LogP contribution >= 0.6 is 11.8 Å². The standard InChI is InChI=1S/C10H20N2O2S/c1-7(2)3-8(4-13)12-10(14)9-5-15-6-11-9/h7-9,11,13H,3-6H2,1-2H3,(H,12,14). The lowest BCUT2D eigenvalue weighted by atomic mass is 10.0. The minimum Gasteiger partial charge on any atom is -0.394 e. The van der Waals surface area contributed by atoms with E-state index in [0.29, 0.717) is 5.92 Å². The monoisotopic (exact) mass is 232 g/mol. The summed E-state index contributed by atoms with van der Waals surface area (Å²) in [5.41, 5.74) is 0. The molecule has 1 aliphatic rings. The summed E-state index contributed by atoms with van der Waals surface area (Å²) in [4.78, 5) is 11.7. The van der Waals surface area contributed by atoms with Crippen molar-refractivity contribution in [2.24, 2.45) is 5.92 Å². The molecule has 1 heterocycles. The average molecular weight is 232 g/mol. The van der Waals surface area contributed by atoms with Gasteiger partial charge in [0.15, 0.2) is 0 Å². The normalized spacial score (nSPS) is 23.1. The summed E-state index contributed by atoms with van der Waals surface area (Å²) in [6, 6.07) is -0.193. The van der Waals surface area contributed by atoms with Gasteiger partial charge < -0.3 is 10.4 Å². The van der Waals surface area contributed by atoms with Crippen LogP contribution in [0, 0.1) is 5.92 Å². The maximum absolute atomic E-state index is 11.7. The quantitative estimate of drug-likeness (QED) is 0.632. The van der Waals surface area contributed by atoms with E-state index in [1.54, 1.807) is 11.8 Å². The first kappa shape index (κ1) is 12.8. The Morgan fingerprint density at radius 1 is 1.67 bits per heavy atom. The van der Waals surface area contributed by atoms with Gasteiger partial charge >= 0.3 is 0 Å². The second-order valence-electron chi connectivity index (χ2n) is 4.29. The fourth-order valence-corrected chi connectivity index (χ4v) is 2.56. The molecule has 4 nitrogen and oxygen atoms in total. The Bertz CT molecular complexity index is 206. The van der Waals surface area contributed by atoms with E-state index in [1.807, 2.05) is 0 Å². The third kappa shape index (κ3) is 4.40. The van der Waals surface area contributed by atoms with E-state index >= 15 is 0 Å². The van der Waals surface area contributed by atoms with E-state index in [2.05, 4.69) is 24.5 Å². The van der Waals surface area contributed by atoms with Crippen LogP contribution in [0.1, 0.15) is 20.3 Å². The Morgan fingerprint density at radius 3 is 2.87 bits per heavy atom. The van der Waals surface area contributed by atoms with Gasteiger partial charge in [0.1, 0.15) is 0 Å². The molecule has 3 N–H and O–H groups in total. The maximum Gasteiger partial charge on any atom is 0.238 e. The van der Waals surface area contributed by atoms with Gasteiger partial charge in [-0.3, -0.25) is 10.1 Å². The Labute approximate surface area is 95.2 Å². The van der Waals surface area contributed by atoms with Gasteiger partial charge in [-0.2, -0.15) is 0 Å². The van der Waals surface area contributed by atoms with Crippen molar-refractivity contribution in [3.05, 3.63) is 0 Å². The van der Waals surface area contributed by atoms with Gasteiger partial charge in [-0.25, -0.2) is 0 Å². The van der Waals surface area contributed by atoms with Crippen LogP contribution in [-0.2, 0) is 4.79 Å². The molecule has 0 saturated carbocycles. The predicted molar refractivity (Wildman–Crippen MR) is 62.7 cm³/mol. The van der Waals surface area contributed by atoms with Crippen LogP contribution in [0.2, 0.25) is 0 Å². The van der Waals surface area contributed by atoms with Crippen LogP contribution < -0.4 is 10.6 Å². The number of rotatable bonds is 5. The molecule has 2 atom stereocenters. The van der Waals surface area contributed by atoms with Crippen LogP contribution in [0.15, 0.2) is 0 Å². The van der Waals surface area contributed by atoms with Crippen molar-refractivity contribution in [1.29, 1.82) is 0 Å². The van der Waals surface area contributed by atoms with Crippen molar-refractivity contribution in [2.75, 3.05) is 18.2 Å². The third-order valence-corrected chi connectivity index (χ3v) is 3.30. The van der Waals surface area contributed by atoms with Gasteiger partial charge in [-0.1, -0.05) is 13.8 Å². The smallest absolute Gasteiger partial charge is 0.238 e. The molecular weight excluding hydrogens is 212 g/mol. The topological polar surface area (TPSA) is 61.4 Å². The lowest BCUT2D eigenvalue weighted by Crippen LogP contribution is -2.47. The summed E-state index contributed by atoms with van der Waals surface area (Å²) in [6.45, 7) is 4.18. The number of carbonyl (C=O) groups excluding carboxylic acids is 1. The molecular formula is C10H20N2O2S. The van der Waals surface area contributed by atoms with Crippen LogP contribution in [0.3, 0.4) is 0 Å². The Kier molecular flexibility index (Phi) is 5.42. The number of carbonyl (C=O) groups is 1. The molecule has 1 aliphatic heterocycles. The van der Waals surface area contributed by atoms with E-state index in [-0.39, 0.29) is 24.6 Å². The van der Waals surface area contributed by atoms with Gasteiger partial charge in [0.2, 0.25) is 5.91 Å². The minimum absolute atomic E-state index is 0.0136. The third-order valence-electron chi connectivity index (χ3n) is 2.36. The highest BCUT2D eigenvalue weighted by Gasteiger charge is 2.24. The lowest BCUT2D eigenvalue weighted by molar-refractivity contribution is -0.123. The van der Waals surface area contributed by atoms with Gasteiger partial charge in [-0.15, -0.1) is 11.8 Å². The van der Waals surface area contributed by atoms with Crippen LogP contribution in [0.5, 0.6) is 0 Å². The molecule has 88 valence electrons. The van der Waals surface area contributed by atoms with Crippen molar-refractivity contribution >= 4 is 17.7 Å². The fourth-order valence-electron chi connectivity index (χ4n) is 1.61. The van der Waals surface area contributed by atoms with Gasteiger partial charge in [0.25, 0.3) is 0 Å². The highest BCUT2D eigenvalue weighted by atomic mass is 32.2. The molecule has 1 amide bonds. The van der Waals surface area contributed by atoms with E-state index in [9.17, 15) is 4.79 Å². The first-order chi connectivity index (χ1) is 7.13. The first-order valence-corrected chi connectivity index (χ1v) is 6.51. The Hall–Kier alpha value is -0.260. The van der Waals surface area contributed by atoms with Crippen molar-refractivity contribution in [1.82, 2.24) is 10.6 Å². The maximum atomic E-state index is 11.7. The summed E-state index contributed by atoms with van der Waals surface area (Å²) >= 11 is 1.72. The molecule has 0 spiro atoms. The van der Waals surface area contributed by atoms with E-state index in [0.717, 1.165) is 18.1 Å². The zero-order valence-electron chi connectivity index (χ0n) is 9.32. The average Bonchev–Trinajstić information content (AvgIpc) is 2.68. The van der Waals surface area contributed by atoms with Crippen LogP contribution in [0.4, 0.5) is 0 Å². The molecule has 1 rings (SSSR count). The van der Waals surface area contributed by atoms with Crippen LogP contribution in [0.25, 0.3) is 0 Å². The number of amides is 1. The van der Waals surface area contributed by atoms with Gasteiger partial charge in [0.05, 0.1) is 18.7 Å². The summed E-state index contributed by atoms with van der Waals surface area (Å²) in [5.74, 6) is 2.16. The number of aliphatic hydroxyl groups excluding tert-OH is 1. The van der Waals surface area contributed by atoms with Crippen molar-refractivity contribution < 1.29 is 9.90 Å². The minimum atomic E-state index is -0.107. The molecule has 0 aromatic rings. The van der Waals surface area contributed by atoms with Crippen molar-refractivity contribution in [3.8, 4) is 0 Å². The Balaban J connectivity index is 2.33. The number of thioether (sulfide) groups is 1. The molecule has 15 heavy (non-hydrogen) atoms. The molecule has 2 unspecified atom stereocenters. The van der Waals surface area contributed by atoms with Crippen LogP contribution in [-0.4, -0.2) is 41.3 Å². The molecule has 5 heteroatoms. The second-order valence-corrected chi connectivity index (χ2v) is 5.32. The van der Waals surface area contributed by atoms with Gasteiger partial charge in [0, 0.05) is 11.6 Å². The zero-order valence-corrected chi connectivity index (χ0v) is 10.1. The van der Waals surface area contributed by atoms with E-state index < -0.39 is 0 Å². The molecule has 0 aromatic carbocycles. The van der Waals surface area contributed by atoms with E-state index in [1.165, 1.54) is 0 Å². The summed E-state index contributed by atoms with van der Waals surface area (Å²) in [5, 5.41) is 15.1. The highest BCUT2D eigenvalue weighted by molar-refractivity contribution is 7.99. The number of nitrogens with one attached hydrogen (secondary N) is 2. The first-order valence-electron chi connectivity index (χ1n) is 5.35. The highest BCUT2D eigenvalue weighted by Crippen LogP contribution is 2.10. The summed E-state index contributed by atoms with van der Waals surface area (Å²) in [6.07, 6.45) is 0.822. The number of hydrogen-bond donors (Lipinski definition) is 3. The molecule has 0 radical (unpaired) electrons. The fraction of sp³-hybridized carbons (Fsp3) is 0.900. The molecule has 0 aliphatic carbocycles. The number of hydrogen-bond acceptors (Lipinski definition) is 4.